The van der Waals surface area contributed by atoms with Gasteiger partial charge in [0.25, 0.3) is 0 Å². The molecule has 2 aromatic rings. The molecular weight excluding hydrogens is 444 g/mol. The molecule has 2 aliphatic heterocycles. The van der Waals surface area contributed by atoms with Crippen molar-refractivity contribution in [1.82, 2.24) is 50.2 Å². The fourth-order valence-electron chi connectivity index (χ4n) is 3.28. The van der Waals surface area contributed by atoms with Gasteiger partial charge in [-0.2, -0.15) is 4.80 Å². The van der Waals surface area contributed by atoms with Gasteiger partial charge in [-0.15, -0.1) is 15.3 Å². The molecule has 2 aromatic heterocycles. The Morgan fingerprint density at radius 1 is 0.794 bits per heavy atom. The Kier molecular flexibility index (Phi) is 7.07. The molecule has 14 nitrogen and oxygen atoms in total. The van der Waals surface area contributed by atoms with Gasteiger partial charge in [-0.3, -0.25) is 0 Å². The lowest BCUT2D eigenvalue weighted by Gasteiger charge is -2.38. The number of amides is 2. The van der Waals surface area contributed by atoms with Crippen LogP contribution in [-0.4, -0.2) is 99.8 Å². The van der Waals surface area contributed by atoms with E-state index in [4.69, 9.17) is 9.47 Å². The van der Waals surface area contributed by atoms with Gasteiger partial charge in [0, 0.05) is 33.2 Å². The number of carbonyl (C=O) groups excluding carboxylic acids is 2. The standard InChI is InChI=1S/2C10H17N5O2/c1-10(2,3)17-9(16)15-5-7(6-15)8-11-12-13-14(8)4;1-10(2,3)17-9(16)15-5-7(6-15)8-11-13-14(4)12-8/h2*7H,5-6H2,1-4H3. The molecule has 0 aromatic carbocycles. The number of hydrogen-bond donors (Lipinski definition) is 0. The zero-order valence-electron chi connectivity index (χ0n) is 21.1. The highest BCUT2D eigenvalue weighted by Gasteiger charge is 2.38. The van der Waals surface area contributed by atoms with Gasteiger partial charge in [-0.25, -0.2) is 14.3 Å². The molecule has 0 aliphatic carbocycles. The third kappa shape index (κ3) is 6.60. The van der Waals surface area contributed by atoms with E-state index >= 15 is 0 Å². The highest BCUT2D eigenvalue weighted by molar-refractivity contribution is 5.70. The summed E-state index contributed by atoms with van der Waals surface area (Å²) in [5.41, 5.74) is -0.901. The van der Waals surface area contributed by atoms with Gasteiger partial charge < -0.3 is 19.3 Å². The van der Waals surface area contributed by atoms with Crippen molar-refractivity contribution >= 4 is 12.2 Å². The Hall–Kier alpha value is -3.32. The molecule has 0 bridgehead atoms. The third-order valence-corrected chi connectivity index (χ3v) is 4.97. The smallest absolute Gasteiger partial charge is 0.410 e. The van der Waals surface area contributed by atoms with Crippen molar-refractivity contribution in [2.45, 2.75) is 64.6 Å². The summed E-state index contributed by atoms with van der Waals surface area (Å²) in [6.07, 6.45) is -0.554. The Morgan fingerprint density at radius 3 is 1.68 bits per heavy atom. The second-order valence-corrected chi connectivity index (χ2v) is 10.5. The molecule has 2 aliphatic rings. The summed E-state index contributed by atoms with van der Waals surface area (Å²) in [7, 11) is 3.52. The molecule has 0 radical (unpaired) electrons. The minimum atomic E-state index is -0.451. The first-order valence-electron chi connectivity index (χ1n) is 11.1. The Labute approximate surface area is 198 Å². The number of aromatic nitrogens is 8. The van der Waals surface area contributed by atoms with Crippen LogP contribution >= 0.6 is 0 Å². The maximum atomic E-state index is 11.7. The van der Waals surface area contributed by atoms with Gasteiger partial charge in [0.15, 0.2) is 11.6 Å². The molecule has 34 heavy (non-hydrogen) atoms. The second-order valence-electron chi connectivity index (χ2n) is 10.5. The maximum Gasteiger partial charge on any atom is 0.410 e. The van der Waals surface area contributed by atoms with Crippen molar-refractivity contribution in [2.75, 3.05) is 26.2 Å². The van der Waals surface area contributed by atoms with Gasteiger partial charge in [-0.1, -0.05) is 0 Å². The van der Waals surface area contributed by atoms with Crippen LogP contribution in [0.4, 0.5) is 9.59 Å². The molecule has 14 heteroatoms. The molecule has 4 rings (SSSR count). The number of carbonyl (C=O) groups is 2. The number of aryl methyl sites for hydroxylation is 2. The summed E-state index contributed by atoms with van der Waals surface area (Å²) in [5.74, 6) is 1.89. The van der Waals surface area contributed by atoms with Crippen LogP contribution in [0.15, 0.2) is 0 Å². The predicted octanol–water partition coefficient (Wildman–Crippen LogP) is 1.09. The lowest BCUT2D eigenvalue weighted by molar-refractivity contribution is 0.00642. The highest BCUT2D eigenvalue weighted by atomic mass is 16.6. The Balaban J connectivity index is 0.000000191. The maximum absolute atomic E-state index is 11.7. The highest BCUT2D eigenvalue weighted by Crippen LogP contribution is 2.27. The van der Waals surface area contributed by atoms with Crippen LogP contribution in [0.1, 0.15) is 65.0 Å². The topological polar surface area (TPSA) is 146 Å². The van der Waals surface area contributed by atoms with Crippen molar-refractivity contribution in [3.63, 3.8) is 0 Å². The van der Waals surface area contributed by atoms with Crippen LogP contribution in [0.25, 0.3) is 0 Å². The van der Waals surface area contributed by atoms with E-state index in [9.17, 15) is 9.59 Å². The predicted molar refractivity (Wildman–Crippen MR) is 119 cm³/mol. The average molecular weight is 479 g/mol. The van der Waals surface area contributed by atoms with E-state index in [1.54, 1.807) is 28.6 Å². The normalized spacial score (nSPS) is 16.8. The summed E-state index contributed by atoms with van der Waals surface area (Å²) >= 11 is 0. The number of likely N-dealkylation sites (tertiary alicyclic amines) is 2. The van der Waals surface area contributed by atoms with Crippen molar-refractivity contribution in [3.05, 3.63) is 11.6 Å². The number of tetrazole rings is 2. The first-order chi connectivity index (χ1) is 15.7. The molecular formula is C20H34N10O4. The van der Waals surface area contributed by atoms with Gasteiger partial charge in [0.1, 0.15) is 11.2 Å². The van der Waals surface area contributed by atoms with E-state index in [1.165, 1.54) is 4.80 Å². The zero-order valence-corrected chi connectivity index (χ0v) is 21.1. The van der Waals surface area contributed by atoms with Gasteiger partial charge in [0.2, 0.25) is 0 Å². The van der Waals surface area contributed by atoms with Crippen LogP contribution in [0, 0.1) is 0 Å². The van der Waals surface area contributed by atoms with Crippen LogP contribution in [0.3, 0.4) is 0 Å². The van der Waals surface area contributed by atoms with Crippen LogP contribution in [-0.2, 0) is 23.6 Å². The first-order valence-corrected chi connectivity index (χ1v) is 11.1. The molecule has 0 unspecified atom stereocenters. The molecule has 2 fully saturated rings. The number of rotatable bonds is 2. The molecule has 188 valence electrons. The summed E-state index contributed by atoms with van der Waals surface area (Å²) in [4.78, 5) is 28.1. The lowest BCUT2D eigenvalue weighted by atomic mass is 10.0. The van der Waals surface area contributed by atoms with E-state index in [2.05, 4.69) is 30.9 Å². The fourth-order valence-corrected chi connectivity index (χ4v) is 3.28. The second kappa shape index (κ2) is 9.50. The van der Waals surface area contributed by atoms with Crippen molar-refractivity contribution in [3.8, 4) is 0 Å². The molecule has 0 spiro atoms. The first kappa shape index (κ1) is 25.3. The van der Waals surface area contributed by atoms with Crippen molar-refractivity contribution < 1.29 is 19.1 Å². The van der Waals surface area contributed by atoms with Crippen LogP contribution in [0.5, 0.6) is 0 Å². The fraction of sp³-hybridized carbons (Fsp3) is 0.800. The molecule has 4 heterocycles. The molecule has 0 saturated carbocycles. The van der Waals surface area contributed by atoms with Crippen molar-refractivity contribution in [2.24, 2.45) is 14.1 Å². The Bertz CT molecular complexity index is 994. The summed E-state index contributed by atoms with van der Waals surface area (Å²) < 4.78 is 12.2. The summed E-state index contributed by atoms with van der Waals surface area (Å²) in [5, 5.41) is 23.1. The average Bonchev–Trinajstić information content (AvgIpc) is 3.18. The van der Waals surface area contributed by atoms with Gasteiger partial charge in [0.05, 0.1) is 18.9 Å². The van der Waals surface area contributed by atoms with Gasteiger partial charge >= 0.3 is 12.2 Å². The largest absolute Gasteiger partial charge is 0.444 e. The minimum absolute atomic E-state index is 0.177. The zero-order chi connectivity index (χ0) is 25.3. The van der Waals surface area contributed by atoms with Crippen molar-refractivity contribution in [1.29, 1.82) is 0 Å². The van der Waals surface area contributed by atoms with E-state index in [1.807, 2.05) is 41.5 Å². The van der Waals surface area contributed by atoms with E-state index < -0.39 is 11.2 Å². The van der Waals surface area contributed by atoms with Crippen LogP contribution in [0.2, 0.25) is 0 Å². The molecule has 0 N–H and O–H groups in total. The SMILES string of the molecule is Cn1nnc(C2CN(C(=O)OC(C)(C)C)C2)n1.Cn1nnnc1C1CN(C(=O)OC(C)(C)C)C1. The minimum Gasteiger partial charge on any atom is -0.444 e. The van der Waals surface area contributed by atoms with E-state index in [-0.39, 0.29) is 24.0 Å². The number of ether oxygens (including phenoxy) is 2. The summed E-state index contributed by atoms with van der Waals surface area (Å²) in [6, 6.07) is 0. The lowest BCUT2D eigenvalue weighted by Crippen LogP contribution is -2.50. The molecule has 2 amide bonds. The third-order valence-electron chi connectivity index (χ3n) is 4.97. The molecule has 2 saturated heterocycles. The van der Waals surface area contributed by atoms with Gasteiger partial charge in [-0.05, 0) is 57.2 Å². The van der Waals surface area contributed by atoms with E-state index in [0.717, 1.165) is 5.82 Å². The molecule has 0 atom stereocenters. The Morgan fingerprint density at radius 2 is 1.29 bits per heavy atom. The number of nitrogens with zero attached hydrogens (tertiary/aromatic N) is 10. The summed E-state index contributed by atoms with van der Waals surface area (Å²) in [6.45, 7) is 13.6. The quantitative estimate of drug-likeness (QED) is 0.614. The van der Waals surface area contributed by atoms with E-state index in [0.29, 0.717) is 32.0 Å². The van der Waals surface area contributed by atoms with Crippen LogP contribution < -0.4 is 0 Å². The number of hydrogen-bond acceptors (Lipinski definition) is 10. The monoisotopic (exact) mass is 478 g/mol.